The molecule has 1 saturated heterocycles. The van der Waals surface area contributed by atoms with Crippen molar-refractivity contribution < 1.29 is 19.7 Å². The maximum absolute atomic E-state index is 12.4. The number of nitrogens with one attached hydrogen (secondary N) is 1. The first-order chi connectivity index (χ1) is 10.3. The average molecular weight is 310 g/mol. The maximum Gasteiger partial charge on any atom is 0.268 e. The van der Waals surface area contributed by atoms with E-state index in [1.807, 2.05) is 40.0 Å². The van der Waals surface area contributed by atoms with Gasteiger partial charge in [0.25, 0.3) is 5.91 Å². The zero-order valence-corrected chi connectivity index (χ0v) is 13.6. The molecule has 0 spiro atoms. The van der Waals surface area contributed by atoms with Gasteiger partial charge in [-0.05, 0) is 31.4 Å². The van der Waals surface area contributed by atoms with Gasteiger partial charge in [-0.15, -0.1) is 0 Å². The summed E-state index contributed by atoms with van der Waals surface area (Å²) in [6.45, 7) is 8.05. The van der Waals surface area contributed by atoms with Crippen LogP contribution in [0.2, 0.25) is 0 Å². The van der Waals surface area contributed by atoms with Crippen molar-refractivity contribution in [2.24, 2.45) is 0 Å². The molecule has 1 aliphatic heterocycles. The molecule has 1 aliphatic rings. The van der Waals surface area contributed by atoms with Crippen LogP contribution < -0.4 is 5.32 Å². The Morgan fingerprint density at radius 3 is 2.59 bits per heavy atom. The van der Waals surface area contributed by atoms with Crippen LogP contribution in [0.5, 0.6) is 0 Å². The zero-order chi connectivity index (χ0) is 16.4. The summed E-state index contributed by atoms with van der Waals surface area (Å²) in [7, 11) is 0. The third-order valence-corrected chi connectivity index (χ3v) is 3.77. The van der Waals surface area contributed by atoms with Crippen LogP contribution in [0.15, 0.2) is 12.3 Å². The van der Waals surface area contributed by atoms with Crippen LogP contribution in [0.25, 0.3) is 0 Å². The minimum atomic E-state index is -0.846. The largest absolute Gasteiger partial charge is 0.391 e. The highest BCUT2D eigenvalue weighted by Gasteiger charge is 2.32. The van der Waals surface area contributed by atoms with Crippen LogP contribution in [-0.2, 0) is 4.74 Å². The van der Waals surface area contributed by atoms with E-state index in [1.54, 1.807) is 4.57 Å². The fourth-order valence-electron chi connectivity index (χ4n) is 2.59. The Bertz CT molecular complexity index is 524. The number of amides is 1. The van der Waals surface area contributed by atoms with Gasteiger partial charge in [-0.2, -0.15) is 0 Å². The molecular weight excluding hydrogens is 284 g/mol. The van der Waals surface area contributed by atoms with Gasteiger partial charge in [0.15, 0.2) is 6.23 Å². The van der Waals surface area contributed by atoms with Crippen LogP contribution in [-0.4, -0.2) is 45.5 Å². The summed E-state index contributed by atoms with van der Waals surface area (Å²) in [6, 6.07) is 1.86. The Morgan fingerprint density at radius 1 is 1.36 bits per heavy atom. The third kappa shape index (κ3) is 3.69. The molecule has 3 unspecified atom stereocenters. The Morgan fingerprint density at radius 2 is 2.05 bits per heavy atom. The van der Waals surface area contributed by atoms with Gasteiger partial charge in [-0.1, -0.05) is 13.8 Å². The number of carbonyl (C=O) groups is 1. The molecule has 0 radical (unpaired) electrons. The molecule has 1 aromatic heterocycles. The summed E-state index contributed by atoms with van der Waals surface area (Å²) in [5.41, 5.74) is 1.48. The SMILES string of the molecule is CC(C)NC(=O)c1cc(C(C)C)cn1C1OCC(O)CC1O. The van der Waals surface area contributed by atoms with Gasteiger partial charge >= 0.3 is 0 Å². The molecule has 3 N–H and O–H groups in total. The lowest BCUT2D eigenvalue weighted by molar-refractivity contribution is -0.155. The van der Waals surface area contributed by atoms with Crippen molar-refractivity contribution in [2.75, 3.05) is 6.61 Å². The number of aliphatic hydroxyl groups excluding tert-OH is 2. The number of aliphatic hydroxyl groups is 2. The summed E-state index contributed by atoms with van der Waals surface area (Å²) in [5.74, 6) is 0.0713. The lowest BCUT2D eigenvalue weighted by atomic mass is 10.1. The van der Waals surface area contributed by atoms with Gasteiger partial charge in [0.1, 0.15) is 11.8 Å². The van der Waals surface area contributed by atoms with Crippen molar-refractivity contribution in [3.63, 3.8) is 0 Å². The molecule has 2 heterocycles. The molecule has 2 rings (SSSR count). The minimum Gasteiger partial charge on any atom is -0.391 e. The molecule has 0 saturated carbocycles. The first-order valence-corrected chi connectivity index (χ1v) is 7.80. The predicted molar refractivity (Wildman–Crippen MR) is 82.7 cm³/mol. The number of hydrogen-bond acceptors (Lipinski definition) is 4. The van der Waals surface area contributed by atoms with E-state index in [9.17, 15) is 15.0 Å². The van der Waals surface area contributed by atoms with Gasteiger partial charge in [0.2, 0.25) is 0 Å². The van der Waals surface area contributed by atoms with Crippen molar-refractivity contribution in [3.8, 4) is 0 Å². The van der Waals surface area contributed by atoms with E-state index in [2.05, 4.69) is 5.32 Å². The highest BCUT2D eigenvalue weighted by Crippen LogP contribution is 2.28. The number of rotatable bonds is 4. The van der Waals surface area contributed by atoms with Crippen LogP contribution in [0.3, 0.4) is 0 Å². The Balaban J connectivity index is 2.34. The maximum atomic E-state index is 12.4. The lowest BCUT2D eigenvalue weighted by Gasteiger charge is -2.33. The highest BCUT2D eigenvalue weighted by molar-refractivity contribution is 5.93. The first-order valence-electron chi connectivity index (χ1n) is 7.80. The number of hydrogen-bond donors (Lipinski definition) is 3. The minimum absolute atomic E-state index is 0.0253. The molecule has 1 amide bonds. The number of nitrogens with zero attached hydrogens (tertiary/aromatic N) is 1. The van der Waals surface area contributed by atoms with Crippen molar-refractivity contribution in [2.45, 2.75) is 64.5 Å². The van der Waals surface area contributed by atoms with E-state index in [1.165, 1.54) is 0 Å². The van der Waals surface area contributed by atoms with Crippen LogP contribution >= 0.6 is 0 Å². The summed E-state index contributed by atoms with van der Waals surface area (Å²) in [6.07, 6.45) is -0.0683. The smallest absolute Gasteiger partial charge is 0.268 e. The van der Waals surface area contributed by atoms with Gasteiger partial charge < -0.3 is 24.8 Å². The average Bonchev–Trinajstić information content (AvgIpc) is 2.83. The predicted octanol–water partition coefficient (Wildman–Crippen LogP) is 1.39. The molecule has 1 aromatic rings. The molecule has 6 nitrogen and oxygen atoms in total. The van der Waals surface area contributed by atoms with Crippen LogP contribution in [0.1, 0.15) is 62.3 Å². The van der Waals surface area contributed by atoms with E-state index < -0.39 is 18.4 Å². The van der Waals surface area contributed by atoms with E-state index in [-0.39, 0.29) is 30.9 Å². The van der Waals surface area contributed by atoms with E-state index >= 15 is 0 Å². The number of ether oxygens (including phenoxy) is 1. The van der Waals surface area contributed by atoms with Crippen molar-refractivity contribution in [1.82, 2.24) is 9.88 Å². The quantitative estimate of drug-likeness (QED) is 0.785. The van der Waals surface area contributed by atoms with E-state index in [4.69, 9.17) is 4.74 Å². The number of carbonyl (C=O) groups excluding carboxylic acids is 1. The molecule has 22 heavy (non-hydrogen) atoms. The van der Waals surface area contributed by atoms with Crippen molar-refractivity contribution in [1.29, 1.82) is 0 Å². The standard InChI is InChI=1S/C16H26N2O4/c1-9(2)11-5-13(15(21)17-10(3)4)18(7-11)16-14(20)6-12(19)8-22-16/h5,7,9-10,12,14,16,19-20H,6,8H2,1-4H3,(H,17,21). The first kappa shape index (κ1) is 17.0. The second-order valence-corrected chi connectivity index (χ2v) is 6.53. The molecule has 124 valence electrons. The van der Waals surface area contributed by atoms with E-state index in [0.717, 1.165) is 5.56 Å². The van der Waals surface area contributed by atoms with E-state index in [0.29, 0.717) is 5.69 Å². The lowest BCUT2D eigenvalue weighted by Crippen LogP contribution is -2.40. The summed E-state index contributed by atoms with van der Waals surface area (Å²) < 4.78 is 7.24. The van der Waals surface area contributed by atoms with Crippen LogP contribution in [0, 0.1) is 0 Å². The normalized spacial score (nSPS) is 25.7. The summed E-state index contributed by atoms with van der Waals surface area (Å²) in [4.78, 5) is 12.4. The molecule has 6 heteroatoms. The molecule has 0 aliphatic carbocycles. The molecular formula is C16H26N2O4. The van der Waals surface area contributed by atoms with Gasteiger partial charge in [0, 0.05) is 18.7 Å². The Labute approximate surface area is 131 Å². The molecule has 1 fully saturated rings. The van der Waals surface area contributed by atoms with Gasteiger partial charge in [-0.25, -0.2) is 0 Å². The topological polar surface area (TPSA) is 83.7 Å². The Kier molecular flexibility index (Phi) is 5.26. The summed E-state index contributed by atoms with van der Waals surface area (Å²) >= 11 is 0. The highest BCUT2D eigenvalue weighted by atomic mass is 16.5. The number of aromatic nitrogens is 1. The van der Waals surface area contributed by atoms with Crippen LogP contribution in [0.4, 0.5) is 0 Å². The third-order valence-electron chi connectivity index (χ3n) is 3.77. The van der Waals surface area contributed by atoms with Crippen molar-refractivity contribution >= 4 is 5.91 Å². The summed E-state index contributed by atoms with van der Waals surface area (Å²) in [5, 5.41) is 22.6. The van der Waals surface area contributed by atoms with Gasteiger partial charge in [-0.3, -0.25) is 4.79 Å². The molecule has 0 bridgehead atoms. The van der Waals surface area contributed by atoms with Gasteiger partial charge in [0.05, 0.1) is 12.7 Å². The second-order valence-electron chi connectivity index (χ2n) is 6.53. The molecule has 3 atom stereocenters. The fraction of sp³-hybridized carbons (Fsp3) is 0.688. The Hall–Kier alpha value is -1.37. The van der Waals surface area contributed by atoms with Crippen molar-refractivity contribution in [3.05, 3.63) is 23.5 Å². The zero-order valence-electron chi connectivity index (χ0n) is 13.6. The second kappa shape index (κ2) is 6.81. The fourth-order valence-corrected chi connectivity index (χ4v) is 2.59. The monoisotopic (exact) mass is 310 g/mol. The molecule has 0 aromatic carbocycles.